The molecule has 37 heavy (non-hydrogen) atoms. The van der Waals surface area contributed by atoms with Crippen molar-refractivity contribution < 1.29 is 28.6 Å². The second kappa shape index (κ2) is 11.2. The molecule has 0 spiro atoms. The minimum absolute atomic E-state index is 0.0344. The average Bonchev–Trinajstić information content (AvgIpc) is 3.26. The Morgan fingerprint density at radius 3 is 2.32 bits per heavy atom. The van der Waals surface area contributed by atoms with Crippen LogP contribution in [0.1, 0.15) is 73.9 Å². The van der Waals surface area contributed by atoms with E-state index >= 15 is 0 Å². The number of hydrogen-bond donors (Lipinski definition) is 0. The van der Waals surface area contributed by atoms with Crippen LogP contribution in [0.2, 0.25) is 0 Å². The number of fused-ring (bicyclic) bond motifs is 1. The zero-order valence-corrected chi connectivity index (χ0v) is 22.1. The summed E-state index contributed by atoms with van der Waals surface area (Å²) in [7, 11) is 0. The second-order valence-corrected chi connectivity index (χ2v) is 10.3. The van der Waals surface area contributed by atoms with E-state index in [-0.39, 0.29) is 37.6 Å². The first-order chi connectivity index (χ1) is 17.7. The van der Waals surface area contributed by atoms with Crippen LogP contribution < -0.4 is 0 Å². The summed E-state index contributed by atoms with van der Waals surface area (Å²) in [5.41, 5.74) is 2.25. The molecule has 10 nitrogen and oxygen atoms in total. The van der Waals surface area contributed by atoms with Crippen LogP contribution in [0.25, 0.3) is 0 Å². The Balaban J connectivity index is 1.47. The van der Waals surface area contributed by atoms with Gasteiger partial charge in [-0.05, 0) is 46.1 Å². The van der Waals surface area contributed by atoms with Crippen LogP contribution in [0.5, 0.6) is 0 Å². The molecular weight excluding hydrogens is 476 g/mol. The van der Waals surface area contributed by atoms with Crippen molar-refractivity contribution in [2.45, 2.75) is 71.8 Å². The van der Waals surface area contributed by atoms with Gasteiger partial charge in [-0.25, -0.2) is 14.4 Å². The first-order valence-electron chi connectivity index (χ1n) is 12.9. The maximum absolute atomic E-state index is 12.8. The van der Waals surface area contributed by atoms with E-state index in [1.165, 1.54) is 0 Å². The molecule has 3 heterocycles. The lowest BCUT2D eigenvalue weighted by Gasteiger charge is -2.34. The van der Waals surface area contributed by atoms with E-state index in [0.29, 0.717) is 44.5 Å². The lowest BCUT2D eigenvalue weighted by Crippen LogP contribution is -2.42. The van der Waals surface area contributed by atoms with Crippen molar-refractivity contribution in [3.05, 3.63) is 52.8 Å². The summed E-state index contributed by atoms with van der Waals surface area (Å²) >= 11 is 0. The molecule has 200 valence electrons. The molecule has 1 aromatic heterocycles. The third-order valence-electron chi connectivity index (χ3n) is 6.48. The molecule has 4 rings (SSSR count). The quantitative estimate of drug-likeness (QED) is 0.434. The van der Waals surface area contributed by atoms with Crippen molar-refractivity contribution >= 4 is 18.2 Å². The van der Waals surface area contributed by atoms with Gasteiger partial charge in [-0.3, -0.25) is 4.68 Å². The Bertz CT molecular complexity index is 1120. The predicted octanol–water partition coefficient (Wildman–Crippen LogP) is 4.33. The molecule has 1 aromatic carbocycles. The van der Waals surface area contributed by atoms with Crippen molar-refractivity contribution in [2.75, 3.05) is 26.2 Å². The molecular formula is C27H36N4O6. The van der Waals surface area contributed by atoms with Gasteiger partial charge in [0, 0.05) is 37.3 Å². The number of amides is 2. The van der Waals surface area contributed by atoms with Gasteiger partial charge in [0.15, 0.2) is 5.69 Å². The maximum Gasteiger partial charge on any atom is 0.410 e. The Labute approximate surface area is 217 Å². The molecule has 0 saturated carbocycles. The zero-order chi connectivity index (χ0) is 26.6. The molecule has 1 saturated heterocycles. The summed E-state index contributed by atoms with van der Waals surface area (Å²) in [6, 6.07) is 9.54. The van der Waals surface area contributed by atoms with Crippen molar-refractivity contribution in [3.8, 4) is 0 Å². The number of piperidine rings is 1. The van der Waals surface area contributed by atoms with E-state index in [0.717, 1.165) is 11.3 Å². The minimum Gasteiger partial charge on any atom is -0.461 e. The number of carbonyl (C=O) groups excluding carboxylic acids is 3. The van der Waals surface area contributed by atoms with Gasteiger partial charge < -0.3 is 24.0 Å². The van der Waals surface area contributed by atoms with Gasteiger partial charge in [0.1, 0.15) is 12.2 Å². The van der Waals surface area contributed by atoms with Gasteiger partial charge in [-0.1, -0.05) is 30.3 Å². The lowest BCUT2D eigenvalue weighted by atomic mass is 10.0. The molecule has 0 atom stereocenters. The number of hydrogen-bond acceptors (Lipinski definition) is 7. The molecule has 2 amide bonds. The number of carbonyl (C=O) groups is 3. The lowest BCUT2D eigenvalue weighted by molar-refractivity contribution is 0.0183. The molecule has 0 aliphatic carbocycles. The Kier molecular flexibility index (Phi) is 8.04. The van der Waals surface area contributed by atoms with Crippen LogP contribution in [0.15, 0.2) is 30.3 Å². The minimum atomic E-state index is -0.544. The van der Waals surface area contributed by atoms with E-state index in [2.05, 4.69) is 5.10 Å². The second-order valence-electron chi connectivity index (χ2n) is 10.3. The SMILES string of the molecule is CCOC(=O)c1nn(C2CCN(C(=O)OC(C)(C)C)CC2)c2c1CN(C(=O)OCc1ccccc1)CC2. The molecule has 2 aromatic rings. The first-order valence-corrected chi connectivity index (χ1v) is 12.9. The fourth-order valence-electron chi connectivity index (χ4n) is 4.70. The fourth-order valence-corrected chi connectivity index (χ4v) is 4.70. The van der Waals surface area contributed by atoms with Crippen molar-refractivity contribution in [1.29, 1.82) is 0 Å². The standard InChI is InChI=1S/C27H36N4O6/c1-5-35-24(32)23-21-17-30(25(33)36-18-19-9-7-6-8-10-19)16-13-22(21)31(28-23)20-11-14-29(15-12-20)26(34)37-27(2,3)4/h6-10,20H,5,11-18H2,1-4H3. The average molecular weight is 513 g/mol. The summed E-state index contributed by atoms with van der Waals surface area (Å²) in [5.74, 6) is -0.497. The van der Waals surface area contributed by atoms with Crippen molar-refractivity contribution in [1.82, 2.24) is 19.6 Å². The topological polar surface area (TPSA) is 103 Å². The number of aromatic nitrogens is 2. The van der Waals surface area contributed by atoms with Crippen LogP contribution in [-0.4, -0.2) is 69.6 Å². The van der Waals surface area contributed by atoms with Crippen LogP contribution in [-0.2, 0) is 33.8 Å². The highest BCUT2D eigenvalue weighted by Gasteiger charge is 2.35. The Morgan fingerprint density at radius 1 is 0.973 bits per heavy atom. The number of ether oxygens (including phenoxy) is 3. The van der Waals surface area contributed by atoms with Crippen LogP contribution in [0.3, 0.4) is 0 Å². The summed E-state index contributed by atoms with van der Waals surface area (Å²) in [5, 5.41) is 4.68. The molecule has 2 aliphatic heterocycles. The van der Waals surface area contributed by atoms with E-state index in [9.17, 15) is 14.4 Å². The van der Waals surface area contributed by atoms with Gasteiger partial charge in [-0.15, -0.1) is 0 Å². The molecule has 0 unspecified atom stereocenters. The fraction of sp³-hybridized carbons (Fsp3) is 0.556. The highest BCUT2D eigenvalue weighted by Crippen LogP contribution is 2.31. The van der Waals surface area contributed by atoms with E-state index in [4.69, 9.17) is 14.2 Å². The molecule has 1 fully saturated rings. The third kappa shape index (κ3) is 6.42. The molecule has 0 bridgehead atoms. The van der Waals surface area contributed by atoms with Gasteiger partial charge in [0.2, 0.25) is 0 Å². The monoisotopic (exact) mass is 512 g/mol. The smallest absolute Gasteiger partial charge is 0.410 e. The maximum atomic E-state index is 12.8. The molecule has 10 heteroatoms. The third-order valence-corrected chi connectivity index (χ3v) is 6.48. The highest BCUT2D eigenvalue weighted by molar-refractivity contribution is 5.89. The van der Waals surface area contributed by atoms with E-state index < -0.39 is 17.7 Å². The van der Waals surface area contributed by atoms with E-state index in [1.807, 2.05) is 55.8 Å². The summed E-state index contributed by atoms with van der Waals surface area (Å²) in [4.78, 5) is 41.4. The number of esters is 1. The van der Waals surface area contributed by atoms with Crippen molar-refractivity contribution in [3.63, 3.8) is 0 Å². The van der Waals surface area contributed by atoms with Crippen LogP contribution in [0.4, 0.5) is 9.59 Å². The summed E-state index contributed by atoms with van der Waals surface area (Å²) in [6.07, 6.45) is 1.19. The van der Waals surface area contributed by atoms with E-state index in [1.54, 1.807) is 16.7 Å². The zero-order valence-electron chi connectivity index (χ0n) is 22.1. The van der Waals surface area contributed by atoms with Crippen LogP contribution >= 0.6 is 0 Å². The van der Waals surface area contributed by atoms with Gasteiger partial charge >= 0.3 is 18.2 Å². The summed E-state index contributed by atoms with van der Waals surface area (Å²) < 4.78 is 18.2. The van der Waals surface area contributed by atoms with Gasteiger partial charge in [0.25, 0.3) is 0 Å². The molecule has 2 aliphatic rings. The number of likely N-dealkylation sites (tertiary alicyclic amines) is 1. The van der Waals surface area contributed by atoms with Gasteiger partial charge in [-0.2, -0.15) is 5.10 Å². The molecule has 0 N–H and O–H groups in total. The Hall–Kier alpha value is -3.56. The number of nitrogens with zero attached hydrogens (tertiary/aromatic N) is 4. The highest BCUT2D eigenvalue weighted by atomic mass is 16.6. The summed E-state index contributed by atoms with van der Waals surface area (Å²) in [6.45, 7) is 9.50. The van der Waals surface area contributed by atoms with Gasteiger partial charge in [0.05, 0.1) is 19.2 Å². The van der Waals surface area contributed by atoms with Crippen molar-refractivity contribution in [2.24, 2.45) is 0 Å². The predicted molar refractivity (Wildman–Crippen MR) is 135 cm³/mol. The first kappa shape index (κ1) is 26.5. The molecule has 0 radical (unpaired) electrons. The van der Waals surface area contributed by atoms with Crippen LogP contribution in [0, 0.1) is 0 Å². The number of rotatable bonds is 5. The number of benzene rings is 1. The normalized spacial score (nSPS) is 16.2. The largest absolute Gasteiger partial charge is 0.461 e. The Morgan fingerprint density at radius 2 is 1.68 bits per heavy atom.